The Hall–Kier alpha value is -2.17. The van der Waals surface area contributed by atoms with Crippen molar-refractivity contribution in [2.24, 2.45) is 5.41 Å². The van der Waals surface area contributed by atoms with Crippen molar-refractivity contribution < 1.29 is 9.72 Å². The lowest BCUT2D eigenvalue weighted by atomic mass is 9.83. The third-order valence-corrected chi connectivity index (χ3v) is 3.85. The highest BCUT2D eigenvalue weighted by atomic mass is 16.6. The number of hydrogen-bond donors (Lipinski definition) is 0. The minimum Gasteiger partial charge on any atom is -0.362 e. The number of rotatable bonds is 3. The molecule has 5 nitrogen and oxygen atoms in total. The molecule has 0 atom stereocenters. The minimum absolute atomic E-state index is 0.00721. The molecule has 0 N–H and O–H groups in total. The van der Waals surface area contributed by atoms with Gasteiger partial charge in [-0.1, -0.05) is 32.4 Å². The Labute approximate surface area is 124 Å². The lowest BCUT2D eigenvalue weighted by molar-refractivity contribution is -0.384. The van der Waals surface area contributed by atoms with Gasteiger partial charge in [0.1, 0.15) is 12.0 Å². The number of carbonyl (C=O) groups is 1. The summed E-state index contributed by atoms with van der Waals surface area (Å²) >= 11 is 0. The van der Waals surface area contributed by atoms with Gasteiger partial charge in [-0.25, -0.2) is 0 Å². The van der Waals surface area contributed by atoms with Gasteiger partial charge in [-0.15, -0.1) is 0 Å². The van der Waals surface area contributed by atoms with Crippen molar-refractivity contribution in [3.8, 4) is 0 Å². The van der Waals surface area contributed by atoms with Crippen LogP contribution < -0.4 is 4.90 Å². The normalized spacial score (nSPS) is 15.6. The minimum atomic E-state index is -0.425. The van der Waals surface area contributed by atoms with Crippen molar-refractivity contribution in [3.05, 3.63) is 45.5 Å². The van der Waals surface area contributed by atoms with Crippen molar-refractivity contribution in [1.29, 1.82) is 0 Å². The molecule has 0 amide bonds. The summed E-state index contributed by atoms with van der Waals surface area (Å²) in [6.45, 7) is 7.94. The van der Waals surface area contributed by atoms with Gasteiger partial charge in [0.25, 0.3) is 5.69 Å². The number of hydrogen-bond acceptors (Lipinski definition) is 4. The molecule has 0 saturated heterocycles. The highest BCUT2D eigenvalue weighted by Gasteiger charge is 2.25. The molecule has 0 aromatic heterocycles. The van der Waals surface area contributed by atoms with Crippen LogP contribution in [0.4, 0.5) is 11.4 Å². The molecule has 21 heavy (non-hydrogen) atoms. The van der Waals surface area contributed by atoms with Crippen LogP contribution in [-0.2, 0) is 0 Å². The van der Waals surface area contributed by atoms with E-state index in [2.05, 4.69) is 26.8 Å². The zero-order valence-electron chi connectivity index (χ0n) is 12.6. The summed E-state index contributed by atoms with van der Waals surface area (Å²) in [5, 5.41) is 11.2. The van der Waals surface area contributed by atoms with Gasteiger partial charge in [-0.05, 0) is 24.0 Å². The Morgan fingerprint density at radius 2 is 2.05 bits per heavy atom. The number of aldehydes is 1. The summed E-state index contributed by atoms with van der Waals surface area (Å²) < 4.78 is 0. The Balaban J connectivity index is 2.30. The molecule has 0 aliphatic carbocycles. The summed E-state index contributed by atoms with van der Waals surface area (Å²) in [6, 6.07) is 4.63. The summed E-state index contributed by atoms with van der Waals surface area (Å²) in [5.41, 5.74) is 2.42. The van der Waals surface area contributed by atoms with Crippen molar-refractivity contribution in [2.45, 2.75) is 27.2 Å². The predicted molar refractivity (Wildman–Crippen MR) is 82.9 cm³/mol. The smallest absolute Gasteiger partial charge is 0.293 e. The van der Waals surface area contributed by atoms with Gasteiger partial charge in [0, 0.05) is 24.7 Å². The molecule has 0 radical (unpaired) electrons. The first-order valence-electron chi connectivity index (χ1n) is 7.01. The molecule has 1 aliphatic heterocycles. The molecule has 0 bridgehead atoms. The Morgan fingerprint density at radius 3 is 2.52 bits per heavy atom. The van der Waals surface area contributed by atoms with Gasteiger partial charge >= 0.3 is 0 Å². The van der Waals surface area contributed by atoms with Crippen LogP contribution >= 0.6 is 0 Å². The highest BCUT2D eigenvalue weighted by Crippen LogP contribution is 2.34. The molecule has 112 valence electrons. The average Bonchev–Trinajstić information content (AvgIpc) is 2.45. The Kier molecular flexibility index (Phi) is 4.11. The van der Waals surface area contributed by atoms with Gasteiger partial charge in [-0.2, -0.15) is 0 Å². The van der Waals surface area contributed by atoms with Gasteiger partial charge < -0.3 is 4.90 Å². The summed E-state index contributed by atoms with van der Waals surface area (Å²) in [6.07, 6.45) is 3.68. The number of nitro groups is 1. The van der Waals surface area contributed by atoms with E-state index in [0.29, 0.717) is 24.1 Å². The van der Waals surface area contributed by atoms with Crippen LogP contribution in [0.2, 0.25) is 0 Å². The SMILES string of the molecule is CC(C)(C)C1=CCN(c2ccc(C=O)cc2[N+](=O)[O-])CC1. The molecule has 1 aromatic carbocycles. The van der Waals surface area contributed by atoms with Crippen molar-refractivity contribution in [1.82, 2.24) is 0 Å². The van der Waals surface area contributed by atoms with Crippen molar-refractivity contribution >= 4 is 17.7 Å². The lowest BCUT2D eigenvalue weighted by Crippen LogP contribution is -2.31. The molecule has 2 rings (SSSR count). The monoisotopic (exact) mass is 288 g/mol. The summed E-state index contributed by atoms with van der Waals surface area (Å²) in [4.78, 5) is 23.5. The second-order valence-corrected chi connectivity index (χ2v) is 6.30. The van der Waals surface area contributed by atoms with Crippen LogP contribution in [0, 0.1) is 15.5 Å². The maximum atomic E-state index is 11.2. The fourth-order valence-electron chi connectivity index (χ4n) is 2.60. The van der Waals surface area contributed by atoms with Gasteiger partial charge in [0.15, 0.2) is 0 Å². The molecule has 0 fully saturated rings. The first kappa shape index (κ1) is 15.2. The van der Waals surface area contributed by atoms with Crippen molar-refractivity contribution in [2.75, 3.05) is 18.0 Å². The van der Waals surface area contributed by atoms with Gasteiger partial charge in [-0.3, -0.25) is 14.9 Å². The third-order valence-electron chi connectivity index (χ3n) is 3.85. The van der Waals surface area contributed by atoms with Crippen molar-refractivity contribution in [3.63, 3.8) is 0 Å². The van der Waals surface area contributed by atoms with E-state index < -0.39 is 4.92 Å². The van der Waals surface area contributed by atoms with Crippen LogP contribution in [0.15, 0.2) is 29.8 Å². The van der Waals surface area contributed by atoms with Crippen LogP contribution in [0.25, 0.3) is 0 Å². The topological polar surface area (TPSA) is 63.5 Å². The number of nitro benzene ring substituents is 1. The Bertz CT molecular complexity index is 600. The molecule has 1 aromatic rings. The fraction of sp³-hybridized carbons (Fsp3) is 0.438. The lowest BCUT2D eigenvalue weighted by Gasteiger charge is -2.33. The second kappa shape index (κ2) is 5.68. The first-order chi connectivity index (χ1) is 9.82. The quantitative estimate of drug-likeness (QED) is 0.369. The largest absolute Gasteiger partial charge is 0.362 e. The highest BCUT2D eigenvalue weighted by molar-refractivity contribution is 5.79. The maximum Gasteiger partial charge on any atom is 0.293 e. The molecule has 1 aliphatic rings. The zero-order chi connectivity index (χ0) is 15.6. The van der Waals surface area contributed by atoms with E-state index in [1.54, 1.807) is 12.1 Å². The van der Waals surface area contributed by atoms with E-state index in [-0.39, 0.29) is 11.1 Å². The number of nitrogens with zero attached hydrogens (tertiary/aromatic N) is 2. The van der Waals surface area contributed by atoms with E-state index in [0.717, 1.165) is 13.0 Å². The van der Waals surface area contributed by atoms with E-state index in [1.807, 2.05) is 4.90 Å². The number of anilines is 1. The standard InChI is InChI=1S/C16H20N2O3/c1-16(2,3)13-6-8-17(9-7-13)14-5-4-12(11-19)10-15(14)18(20)21/h4-6,10-11H,7-9H2,1-3H3. The van der Waals surface area contributed by atoms with Crippen LogP contribution in [0.1, 0.15) is 37.6 Å². The van der Waals surface area contributed by atoms with E-state index in [9.17, 15) is 14.9 Å². The van der Waals surface area contributed by atoms with E-state index in [1.165, 1.54) is 11.6 Å². The van der Waals surface area contributed by atoms with E-state index >= 15 is 0 Å². The molecular weight excluding hydrogens is 268 g/mol. The predicted octanol–water partition coefficient (Wildman–Crippen LogP) is 3.59. The fourth-order valence-corrected chi connectivity index (χ4v) is 2.60. The molecular formula is C16H20N2O3. The first-order valence-corrected chi connectivity index (χ1v) is 7.01. The van der Waals surface area contributed by atoms with Gasteiger partial charge in [0.2, 0.25) is 0 Å². The van der Waals surface area contributed by atoms with Crippen LogP contribution in [0.3, 0.4) is 0 Å². The summed E-state index contributed by atoms with van der Waals surface area (Å²) in [5.74, 6) is 0. The number of carbonyl (C=O) groups excluding carboxylic acids is 1. The molecule has 0 saturated carbocycles. The molecule has 5 heteroatoms. The Morgan fingerprint density at radius 1 is 1.33 bits per heavy atom. The zero-order valence-corrected chi connectivity index (χ0v) is 12.6. The molecule has 0 spiro atoms. The third kappa shape index (κ3) is 3.29. The van der Waals surface area contributed by atoms with E-state index in [4.69, 9.17) is 0 Å². The second-order valence-electron chi connectivity index (χ2n) is 6.30. The number of benzene rings is 1. The molecule has 0 unspecified atom stereocenters. The molecule has 1 heterocycles. The van der Waals surface area contributed by atoms with Crippen LogP contribution in [-0.4, -0.2) is 24.3 Å². The van der Waals surface area contributed by atoms with Crippen LogP contribution in [0.5, 0.6) is 0 Å². The maximum absolute atomic E-state index is 11.2. The van der Waals surface area contributed by atoms with Gasteiger partial charge in [0.05, 0.1) is 4.92 Å². The average molecular weight is 288 g/mol. The summed E-state index contributed by atoms with van der Waals surface area (Å²) in [7, 11) is 0.